The van der Waals surface area contributed by atoms with Gasteiger partial charge in [0.25, 0.3) is 5.91 Å². The van der Waals surface area contributed by atoms with E-state index in [1.165, 1.54) is 7.11 Å². The third-order valence-electron chi connectivity index (χ3n) is 4.31. The summed E-state index contributed by atoms with van der Waals surface area (Å²) in [6.45, 7) is 2.06. The van der Waals surface area contributed by atoms with Crippen molar-refractivity contribution in [2.24, 2.45) is 0 Å². The fourth-order valence-electron chi connectivity index (χ4n) is 2.95. The second-order valence-electron chi connectivity index (χ2n) is 7.06. The van der Waals surface area contributed by atoms with Crippen LogP contribution in [-0.4, -0.2) is 49.6 Å². The summed E-state index contributed by atoms with van der Waals surface area (Å²) in [6, 6.07) is 14.2. The van der Waals surface area contributed by atoms with Crippen molar-refractivity contribution in [2.45, 2.75) is 13.0 Å². The standard InChI is InChI=1S/C20H25N3O4/c1-23(2,13-7-12-21-20(24)17-8-5-4-6-9-17)15-16-10-11-19(27-3)18(14-16)22(25)26/h4-6,8-11,14H,7,12-13,15H2,1-3H3/p+1. The number of ether oxygens (including phenoxy) is 1. The smallest absolute Gasteiger partial charge is 0.311 e. The molecule has 0 saturated heterocycles. The van der Waals surface area contributed by atoms with E-state index in [0.29, 0.717) is 23.1 Å². The molecule has 0 bridgehead atoms. The molecule has 0 aromatic heterocycles. The Balaban J connectivity index is 1.87. The number of nitro benzene ring substituents is 1. The fourth-order valence-corrected chi connectivity index (χ4v) is 2.95. The van der Waals surface area contributed by atoms with Crippen LogP contribution in [0.5, 0.6) is 5.75 Å². The number of benzene rings is 2. The first-order valence-electron chi connectivity index (χ1n) is 8.79. The molecule has 0 atom stereocenters. The van der Waals surface area contributed by atoms with Crippen molar-refractivity contribution in [3.8, 4) is 5.75 Å². The number of nitrogens with zero attached hydrogens (tertiary/aromatic N) is 2. The maximum Gasteiger partial charge on any atom is 0.311 e. The number of hydrogen-bond donors (Lipinski definition) is 1. The lowest BCUT2D eigenvalue weighted by molar-refractivity contribution is -0.903. The lowest BCUT2D eigenvalue weighted by atomic mass is 10.1. The Morgan fingerprint density at radius 1 is 1.19 bits per heavy atom. The number of carbonyl (C=O) groups is 1. The number of rotatable bonds is 9. The van der Waals surface area contributed by atoms with E-state index < -0.39 is 4.92 Å². The van der Waals surface area contributed by atoms with Gasteiger partial charge in [-0.2, -0.15) is 0 Å². The number of methoxy groups -OCH3 is 1. The third kappa shape index (κ3) is 6.07. The van der Waals surface area contributed by atoms with E-state index in [1.807, 2.05) is 24.3 Å². The first-order valence-corrected chi connectivity index (χ1v) is 8.79. The molecule has 0 fully saturated rings. The number of amides is 1. The lowest BCUT2D eigenvalue weighted by Gasteiger charge is -2.30. The summed E-state index contributed by atoms with van der Waals surface area (Å²) in [6.07, 6.45) is 0.809. The summed E-state index contributed by atoms with van der Waals surface area (Å²) >= 11 is 0. The van der Waals surface area contributed by atoms with Crippen molar-refractivity contribution < 1.29 is 18.9 Å². The Morgan fingerprint density at radius 2 is 1.89 bits per heavy atom. The van der Waals surface area contributed by atoms with Crippen LogP contribution in [0, 0.1) is 10.1 Å². The van der Waals surface area contributed by atoms with Crippen molar-refractivity contribution >= 4 is 11.6 Å². The van der Waals surface area contributed by atoms with Crippen LogP contribution in [0.15, 0.2) is 48.5 Å². The largest absolute Gasteiger partial charge is 0.490 e. The average molecular weight is 372 g/mol. The zero-order valence-corrected chi connectivity index (χ0v) is 16.0. The summed E-state index contributed by atoms with van der Waals surface area (Å²) in [4.78, 5) is 22.8. The highest BCUT2D eigenvalue weighted by Gasteiger charge is 2.20. The molecule has 27 heavy (non-hydrogen) atoms. The molecule has 0 aliphatic heterocycles. The number of nitro groups is 1. The molecule has 1 amide bonds. The molecular formula is C20H26N3O4+. The average Bonchev–Trinajstić information content (AvgIpc) is 2.65. The van der Waals surface area contributed by atoms with Gasteiger partial charge in [0.05, 0.1) is 32.7 Å². The zero-order valence-electron chi connectivity index (χ0n) is 16.0. The molecule has 144 valence electrons. The van der Waals surface area contributed by atoms with Gasteiger partial charge in [0.1, 0.15) is 6.54 Å². The molecule has 0 aliphatic carbocycles. The molecule has 0 heterocycles. The van der Waals surface area contributed by atoms with Crippen LogP contribution in [0.2, 0.25) is 0 Å². The van der Waals surface area contributed by atoms with Crippen molar-refractivity contribution in [1.82, 2.24) is 5.32 Å². The van der Waals surface area contributed by atoms with Crippen LogP contribution in [0.25, 0.3) is 0 Å². The van der Waals surface area contributed by atoms with E-state index in [2.05, 4.69) is 19.4 Å². The van der Waals surface area contributed by atoms with Crippen LogP contribution in [0.1, 0.15) is 22.3 Å². The van der Waals surface area contributed by atoms with Gasteiger partial charge < -0.3 is 14.5 Å². The topological polar surface area (TPSA) is 81.5 Å². The number of quaternary nitrogens is 1. The highest BCUT2D eigenvalue weighted by Crippen LogP contribution is 2.28. The summed E-state index contributed by atoms with van der Waals surface area (Å²) in [5, 5.41) is 14.1. The summed E-state index contributed by atoms with van der Waals surface area (Å²) in [5.74, 6) is 0.185. The highest BCUT2D eigenvalue weighted by atomic mass is 16.6. The van der Waals surface area contributed by atoms with Crippen LogP contribution in [-0.2, 0) is 6.54 Å². The van der Waals surface area contributed by atoms with Crippen LogP contribution in [0.3, 0.4) is 0 Å². The Morgan fingerprint density at radius 3 is 2.52 bits per heavy atom. The maximum atomic E-state index is 12.0. The van der Waals surface area contributed by atoms with E-state index in [4.69, 9.17) is 4.74 Å². The van der Waals surface area contributed by atoms with Gasteiger partial charge in [-0.15, -0.1) is 0 Å². The molecule has 2 aromatic rings. The number of nitrogens with one attached hydrogen (secondary N) is 1. The van der Waals surface area contributed by atoms with Crippen molar-refractivity contribution in [2.75, 3.05) is 34.3 Å². The highest BCUT2D eigenvalue weighted by molar-refractivity contribution is 5.94. The normalized spacial score (nSPS) is 11.1. The third-order valence-corrected chi connectivity index (χ3v) is 4.31. The van der Waals surface area contributed by atoms with E-state index in [-0.39, 0.29) is 17.3 Å². The quantitative estimate of drug-likeness (QED) is 0.317. The van der Waals surface area contributed by atoms with Gasteiger partial charge in [0.2, 0.25) is 0 Å². The first-order chi connectivity index (χ1) is 12.8. The molecular weight excluding hydrogens is 346 g/mol. The minimum Gasteiger partial charge on any atom is -0.490 e. The van der Waals surface area contributed by atoms with E-state index in [9.17, 15) is 14.9 Å². The Labute approximate surface area is 159 Å². The second-order valence-corrected chi connectivity index (χ2v) is 7.06. The fraction of sp³-hybridized carbons (Fsp3) is 0.350. The Bertz CT molecular complexity index is 791. The number of hydrogen-bond acceptors (Lipinski definition) is 4. The molecule has 7 nitrogen and oxygen atoms in total. The molecule has 2 rings (SSSR count). The Hall–Kier alpha value is -2.93. The second kappa shape index (κ2) is 9.14. The lowest BCUT2D eigenvalue weighted by Crippen LogP contribution is -2.41. The molecule has 7 heteroatoms. The molecule has 0 unspecified atom stereocenters. The van der Waals surface area contributed by atoms with Gasteiger partial charge in [0.15, 0.2) is 5.75 Å². The van der Waals surface area contributed by atoms with Crippen molar-refractivity contribution in [1.29, 1.82) is 0 Å². The summed E-state index contributed by atoms with van der Waals surface area (Å²) in [7, 11) is 5.55. The molecule has 0 saturated carbocycles. The van der Waals surface area contributed by atoms with Crippen molar-refractivity contribution in [3.63, 3.8) is 0 Å². The minimum absolute atomic E-state index is 0.0230. The van der Waals surface area contributed by atoms with Gasteiger partial charge in [-0.25, -0.2) is 0 Å². The monoisotopic (exact) mass is 372 g/mol. The van der Waals surface area contributed by atoms with Gasteiger partial charge in [-0.1, -0.05) is 18.2 Å². The van der Waals surface area contributed by atoms with Crippen molar-refractivity contribution in [3.05, 3.63) is 69.8 Å². The molecule has 1 N–H and O–H groups in total. The van der Waals surface area contributed by atoms with Crippen LogP contribution < -0.4 is 10.1 Å². The van der Waals surface area contributed by atoms with Gasteiger partial charge in [-0.3, -0.25) is 14.9 Å². The SMILES string of the molecule is COc1ccc(C[N+](C)(C)CCCNC(=O)c2ccccc2)cc1[N+](=O)[O-]. The summed E-state index contributed by atoms with van der Waals surface area (Å²) in [5.41, 5.74) is 1.50. The molecule has 0 radical (unpaired) electrons. The minimum atomic E-state index is -0.429. The summed E-state index contributed by atoms with van der Waals surface area (Å²) < 4.78 is 5.70. The van der Waals surface area contributed by atoms with Gasteiger partial charge in [-0.05, 0) is 24.3 Å². The predicted molar refractivity (Wildman–Crippen MR) is 104 cm³/mol. The molecule has 0 aliphatic rings. The van der Waals surface area contributed by atoms with Gasteiger partial charge >= 0.3 is 5.69 Å². The van der Waals surface area contributed by atoms with E-state index in [1.54, 1.807) is 24.3 Å². The maximum absolute atomic E-state index is 12.0. The Kier molecular flexibility index (Phi) is 6.90. The molecule has 2 aromatic carbocycles. The number of carbonyl (C=O) groups excluding carboxylic acids is 1. The first kappa shape index (κ1) is 20.4. The molecule has 0 spiro atoms. The predicted octanol–water partition coefficient (Wildman–Crippen LogP) is 3.00. The van der Waals surface area contributed by atoms with Crippen LogP contribution >= 0.6 is 0 Å². The van der Waals surface area contributed by atoms with E-state index in [0.717, 1.165) is 18.5 Å². The van der Waals surface area contributed by atoms with Crippen LogP contribution in [0.4, 0.5) is 5.69 Å². The van der Waals surface area contributed by atoms with E-state index >= 15 is 0 Å². The zero-order chi connectivity index (χ0) is 19.9. The van der Waals surface area contributed by atoms with Gasteiger partial charge in [0, 0.05) is 30.2 Å².